The fourth-order valence-corrected chi connectivity index (χ4v) is 2.70. The van der Waals surface area contributed by atoms with E-state index in [2.05, 4.69) is 10.4 Å². The van der Waals surface area contributed by atoms with Crippen LogP contribution in [0.5, 0.6) is 0 Å². The number of nitro groups is 1. The lowest BCUT2D eigenvalue weighted by molar-refractivity contribution is -0.914. The van der Waals surface area contributed by atoms with Gasteiger partial charge in [-0.05, 0) is 38.5 Å². The molecule has 8 nitrogen and oxygen atoms in total. The second-order valence-electron chi connectivity index (χ2n) is 6.12. The number of amides is 1. The predicted molar refractivity (Wildman–Crippen MR) is 93.0 cm³/mol. The number of likely N-dealkylation sites (N-methyl/N-ethyl adjacent to an activating group) is 1. The van der Waals surface area contributed by atoms with Gasteiger partial charge in [0.15, 0.2) is 13.2 Å². The quantitative estimate of drug-likeness (QED) is 0.533. The molecule has 1 atom stereocenters. The molecule has 0 saturated heterocycles. The first-order valence-corrected chi connectivity index (χ1v) is 8.35. The maximum Gasteiger partial charge on any atom is 0.312 e. The van der Waals surface area contributed by atoms with Crippen LogP contribution >= 0.6 is 0 Å². The molecule has 0 aliphatic rings. The number of hydrogen-bond acceptors (Lipinski definition) is 4. The fraction of sp³-hybridized carbons (Fsp3) is 0.412. The lowest BCUT2D eigenvalue weighted by Crippen LogP contribution is -3.12. The number of carbonyl (C=O) groups excluding carboxylic acids is 1. The van der Waals surface area contributed by atoms with Gasteiger partial charge in [-0.1, -0.05) is 12.1 Å². The highest BCUT2D eigenvalue weighted by Crippen LogP contribution is 2.20. The van der Waals surface area contributed by atoms with E-state index >= 15 is 0 Å². The zero-order valence-corrected chi connectivity index (χ0v) is 15.1. The van der Waals surface area contributed by atoms with E-state index in [4.69, 9.17) is 0 Å². The Labute approximate surface area is 150 Å². The van der Waals surface area contributed by atoms with Crippen molar-refractivity contribution in [2.45, 2.75) is 34.0 Å². The van der Waals surface area contributed by atoms with E-state index in [1.165, 1.54) is 12.1 Å². The van der Waals surface area contributed by atoms with Crippen LogP contribution in [0, 0.1) is 29.8 Å². The molecule has 0 bridgehead atoms. The Balaban J connectivity index is 1.94. The maximum atomic E-state index is 12.9. The van der Waals surface area contributed by atoms with E-state index in [0.29, 0.717) is 31.1 Å². The van der Waals surface area contributed by atoms with Crippen LogP contribution in [0.25, 0.3) is 0 Å². The van der Waals surface area contributed by atoms with Gasteiger partial charge in [0.05, 0.1) is 11.5 Å². The molecule has 0 fully saturated rings. The number of aromatic nitrogens is 2. The summed E-state index contributed by atoms with van der Waals surface area (Å²) in [6.45, 7) is 6.74. The highest BCUT2D eigenvalue weighted by molar-refractivity contribution is 5.76. The molecule has 140 valence electrons. The topological polar surface area (TPSA) is 94.5 Å². The summed E-state index contributed by atoms with van der Waals surface area (Å²) in [6.07, 6.45) is 0. The summed E-state index contributed by atoms with van der Waals surface area (Å²) in [4.78, 5) is 23.7. The summed E-state index contributed by atoms with van der Waals surface area (Å²) >= 11 is 0. The van der Waals surface area contributed by atoms with Crippen LogP contribution < -0.4 is 10.2 Å². The Morgan fingerprint density at radius 1 is 1.35 bits per heavy atom. The normalized spacial score (nSPS) is 12.0. The van der Waals surface area contributed by atoms with Gasteiger partial charge in [0.2, 0.25) is 0 Å². The molecule has 2 aromatic rings. The van der Waals surface area contributed by atoms with Crippen LogP contribution in [0.15, 0.2) is 24.3 Å². The van der Waals surface area contributed by atoms with Gasteiger partial charge in [-0.2, -0.15) is 5.10 Å². The molecule has 1 amide bonds. The summed E-state index contributed by atoms with van der Waals surface area (Å²) < 4.78 is 14.5. The van der Waals surface area contributed by atoms with Crippen LogP contribution in [0.4, 0.5) is 10.1 Å². The van der Waals surface area contributed by atoms with Crippen LogP contribution in [0.3, 0.4) is 0 Å². The highest BCUT2D eigenvalue weighted by atomic mass is 19.1. The van der Waals surface area contributed by atoms with Crippen molar-refractivity contribution in [3.05, 3.63) is 57.1 Å². The van der Waals surface area contributed by atoms with Gasteiger partial charge in [0, 0.05) is 6.54 Å². The number of carbonyl (C=O) groups is 1. The van der Waals surface area contributed by atoms with Crippen LogP contribution in [-0.4, -0.2) is 33.7 Å². The third-order valence-electron chi connectivity index (χ3n) is 4.21. The Morgan fingerprint density at radius 2 is 2.00 bits per heavy atom. The number of benzene rings is 1. The van der Waals surface area contributed by atoms with E-state index in [0.717, 1.165) is 10.5 Å². The van der Waals surface area contributed by atoms with Crippen molar-refractivity contribution in [1.82, 2.24) is 15.1 Å². The summed E-state index contributed by atoms with van der Waals surface area (Å²) in [5, 5.41) is 18.1. The monoisotopic (exact) mass is 364 g/mol. The molecule has 1 aromatic heterocycles. The Kier molecular flexibility index (Phi) is 6.40. The third kappa shape index (κ3) is 4.85. The number of halogens is 1. The smallest absolute Gasteiger partial charge is 0.312 e. The summed E-state index contributed by atoms with van der Waals surface area (Å²) in [7, 11) is 0. The Hall–Kier alpha value is -2.81. The molecule has 0 aliphatic carbocycles. The molecular weight excluding hydrogens is 341 g/mol. The maximum absolute atomic E-state index is 12.9. The number of rotatable bonds is 8. The van der Waals surface area contributed by atoms with Crippen molar-refractivity contribution < 1.29 is 19.0 Å². The van der Waals surface area contributed by atoms with Gasteiger partial charge in [0.25, 0.3) is 5.91 Å². The largest absolute Gasteiger partial charge is 0.347 e. The van der Waals surface area contributed by atoms with Crippen molar-refractivity contribution in [1.29, 1.82) is 0 Å². The molecule has 0 saturated carbocycles. The summed E-state index contributed by atoms with van der Waals surface area (Å²) in [5.41, 5.74) is 1.67. The first kappa shape index (κ1) is 19.5. The number of aryl methyl sites for hydroxylation is 1. The van der Waals surface area contributed by atoms with Gasteiger partial charge in [0.1, 0.15) is 17.2 Å². The minimum Gasteiger partial charge on any atom is -0.347 e. The third-order valence-corrected chi connectivity index (χ3v) is 4.21. The molecule has 1 aromatic carbocycles. The number of nitrogens with zero attached hydrogens (tertiary/aromatic N) is 3. The van der Waals surface area contributed by atoms with E-state index in [9.17, 15) is 19.3 Å². The predicted octanol–water partition coefficient (Wildman–Crippen LogP) is 0.726. The molecule has 0 spiro atoms. The molecule has 0 radical (unpaired) electrons. The molecule has 2 N–H and O–H groups in total. The Morgan fingerprint density at radius 3 is 2.54 bits per heavy atom. The second-order valence-corrected chi connectivity index (χ2v) is 6.12. The van der Waals surface area contributed by atoms with E-state index in [1.807, 2.05) is 6.92 Å². The number of quaternary nitrogens is 1. The van der Waals surface area contributed by atoms with Crippen molar-refractivity contribution in [3.63, 3.8) is 0 Å². The van der Waals surface area contributed by atoms with Gasteiger partial charge in [-0.3, -0.25) is 14.9 Å². The summed E-state index contributed by atoms with van der Waals surface area (Å²) in [5.74, 6) is -0.470. The van der Waals surface area contributed by atoms with E-state index in [-0.39, 0.29) is 24.0 Å². The molecule has 9 heteroatoms. The van der Waals surface area contributed by atoms with Crippen molar-refractivity contribution >= 4 is 11.6 Å². The molecule has 2 rings (SSSR count). The van der Waals surface area contributed by atoms with Gasteiger partial charge in [-0.15, -0.1) is 0 Å². The van der Waals surface area contributed by atoms with E-state index in [1.54, 1.807) is 30.7 Å². The lowest BCUT2D eigenvalue weighted by Gasteiger charge is -2.17. The average molecular weight is 364 g/mol. The minimum atomic E-state index is -0.435. The number of nitrogens with one attached hydrogen (secondary N) is 2. The lowest BCUT2D eigenvalue weighted by atomic mass is 10.2. The molecule has 26 heavy (non-hydrogen) atoms. The summed E-state index contributed by atoms with van der Waals surface area (Å²) in [6, 6.07) is 5.94. The molecule has 1 unspecified atom stereocenters. The van der Waals surface area contributed by atoms with Crippen LogP contribution in [-0.2, 0) is 18.0 Å². The minimum absolute atomic E-state index is 0.0150. The van der Waals surface area contributed by atoms with Crippen molar-refractivity contribution in [3.8, 4) is 0 Å². The zero-order valence-electron chi connectivity index (χ0n) is 15.1. The second kappa shape index (κ2) is 8.52. The van der Waals surface area contributed by atoms with Gasteiger partial charge >= 0.3 is 5.69 Å². The van der Waals surface area contributed by atoms with Crippen LogP contribution in [0.1, 0.15) is 23.9 Å². The van der Waals surface area contributed by atoms with E-state index < -0.39 is 4.92 Å². The van der Waals surface area contributed by atoms with Crippen molar-refractivity contribution in [2.24, 2.45) is 0 Å². The van der Waals surface area contributed by atoms with Crippen molar-refractivity contribution in [2.75, 3.05) is 13.1 Å². The zero-order chi connectivity index (χ0) is 19.3. The first-order valence-electron chi connectivity index (χ1n) is 8.35. The van der Waals surface area contributed by atoms with Crippen LogP contribution in [0.2, 0.25) is 0 Å². The molecule has 0 aliphatic heterocycles. The van der Waals surface area contributed by atoms with Gasteiger partial charge < -0.3 is 10.2 Å². The SMILES string of the molecule is CC[NH+](CC(=O)NCc1ccc(F)cc1)Cn1nc(C)c([N+](=O)[O-])c1C. The number of hydrogen-bond donors (Lipinski definition) is 2. The average Bonchev–Trinajstić information content (AvgIpc) is 2.87. The Bertz CT molecular complexity index is 788. The fourth-order valence-electron chi connectivity index (χ4n) is 2.70. The standard InChI is InChI=1S/C17H22FN5O3/c1-4-21(11-22-13(3)17(23(25)26)12(2)20-22)10-16(24)19-9-14-5-7-15(18)8-6-14/h5-8H,4,9-11H2,1-3H3,(H,19,24)/p+1. The van der Waals surface area contributed by atoms with Gasteiger partial charge in [-0.25, -0.2) is 9.07 Å². The molecular formula is C17H23FN5O3+. The highest BCUT2D eigenvalue weighted by Gasteiger charge is 2.24. The first-order chi connectivity index (χ1) is 12.3. The molecule has 1 heterocycles.